The van der Waals surface area contributed by atoms with Crippen LogP contribution in [0.1, 0.15) is 11.7 Å². The number of amides is 2. The first kappa shape index (κ1) is 10.0. The summed E-state index contributed by atoms with van der Waals surface area (Å²) in [5.41, 5.74) is 6.53. The van der Waals surface area contributed by atoms with Gasteiger partial charge < -0.3 is 20.5 Å². The number of urea groups is 1. The van der Waals surface area contributed by atoms with Gasteiger partial charge in [-0.1, -0.05) is 0 Å². The van der Waals surface area contributed by atoms with Crippen LogP contribution in [0.5, 0.6) is 0 Å². The van der Waals surface area contributed by atoms with Gasteiger partial charge in [0.15, 0.2) is 0 Å². The van der Waals surface area contributed by atoms with E-state index in [0.29, 0.717) is 19.6 Å². The van der Waals surface area contributed by atoms with Gasteiger partial charge in [0.25, 0.3) is 0 Å². The fourth-order valence-electron chi connectivity index (χ4n) is 1.97. The van der Waals surface area contributed by atoms with Crippen molar-refractivity contribution in [3.05, 3.63) is 24.0 Å². The summed E-state index contributed by atoms with van der Waals surface area (Å²) < 4.78 is 0. The molecule has 0 spiro atoms. The van der Waals surface area contributed by atoms with E-state index in [9.17, 15) is 4.79 Å². The summed E-state index contributed by atoms with van der Waals surface area (Å²) in [6, 6.07) is 4.12. The molecule has 2 rings (SSSR count). The highest BCUT2D eigenvalue weighted by molar-refractivity contribution is 5.77. The zero-order chi connectivity index (χ0) is 10.8. The van der Waals surface area contributed by atoms with Gasteiger partial charge in [0.1, 0.15) is 0 Å². The van der Waals surface area contributed by atoms with Crippen molar-refractivity contribution in [3.63, 3.8) is 0 Å². The predicted octanol–water partition coefficient (Wildman–Crippen LogP) is 0.382. The molecule has 1 atom stereocenters. The maximum absolute atomic E-state index is 11.8. The third kappa shape index (κ3) is 1.70. The van der Waals surface area contributed by atoms with Gasteiger partial charge in [0, 0.05) is 38.6 Å². The zero-order valence-electron chi connectivity index (χ0n) is 8.81. The van der Waals surface area contributed by atoms with Crippen molar-refractivity contribution in [3.8, 4) is 0 Å². The first-order valence-electron chi connectivity index (χ1n) is 5.09. The molecule has 15 heavy (non-hydrogen) atoms. The van der Waals surface area contributed by atoms with Gasteiger partial charge in [-0.15, -0.1) is 0 Å². The number of hydrogen-bond acceptors (Lipinski definition) is 2. The fourth-order valence-corrected chi connectivity index (χ4v) is 1.97. The summed E-state index contributed by atoms with van der Waals surface area (Å²) in [4.78, 5) is 18.5. The minimum absolute atomic E-state index is 0.0556. The smallest absolute Gasteiger partial charge is 0.320 e. The van der Waals surface area contributed by atoms with E-state index in [0.717, 1.165) is 5.69 Å². The largest absolute Gasteiger partial charge is 0.363 e. The number of likely N-dealkylation sites (N-methyl/N-ethyl adjacent to an activating group) is 1. The highest BCUT2D eigenvalue weighted by Gasteiger charge is 2.35. The van der Waals surface area contributed by atoms with Crippen LogP contribution in [0.15, 0.2) is 18.3 Å². The Balaban J connectivity index is 2.13. The van der Waals surface area contributed by atoms with Gasteiger partial charge in [-0.25, -0.2) is 4.79 Å². The molecule has 2 amide bonds. The molecule has 3 N–H and O–H groups in total. The monoisotopic (exact) mass is 208 g/mol. The average Bonchev–Trinajstić information content (AvgIpc) is 2.82. The molecule has 1 unspecified atom stereocenters. The summed E-state index contributed by atoms with van der Waals surface area (Å²) in [5.74, 6) is 0. The summed E-state index contributed by atoms with van der Waals surface area (Å²) in [6.45, 7) is 1.85. The van der Waals surface area contributed by atoms with E-state index in [4.69, 9.17) is 5.73 Å². The van der Waals surface area contributed by atoms with Crippen molar-refractivity contribution in [1.29, 1.82) is 0 Å². The summed E-state index contributed by atoms with van der Waals surface area (Å²) in [7, 11) is 1.82. The highest BCUT2D eigenvalue weighted by Crippen LogP contribution is 2.26. The third-order valence-electron chi connectivity index (χ3n) is 2.81. The first-order chi connectivity index (χ1) is 7.24. The number of carbonyl (C=O) groups is 1. The lowest BCUT2D eigenvalue weighted by Gasteiger charge is -2.16. The molecule has 2 heterocycles. The number of carbonyl (C=O) groups excluding carboxylic acids is 1. The summed E-state index contributed by atoms with van der Waals surface area (Å²) in [5, 5.41) is 0. The van der Waals surface area contributed by atoms with Crippen LogP contribution in [0, 0.1) is 0 Å². The maximum atomic E-state index is 11.8. The lowest BCUT2D eigenvalue weighted by Crippen LogP contribution is -2.33. The molecule has 0 saturated carbocycles. The van der Waals surface area contributed by atoms with Crippen molar-refractivity contribution >= 4 is 6.03 Å². The fraction of sp³-hybridized carbons (Fsp3) is 0.500. The Bertz CT molecular complexity index is 335. The zero-order valence-corrected chi connectivity index (χ0v) is 8.81. The van der Waals surface area contributed by atoms with E-state index in [1.54, 1.807) is 9.80 Å². The molecule has 1 aliphatic heterocycles. The van der Waals surface area contributed by atoms with Crippen LogP contribution in [0.4, 0.5) is 4.79 Å². The molecular weight excluding hydrogens is 192 g/mol. The molecule has 0 aromatic carbocycles. The van der Waals surface area contributed by atoms with Crippen molar-refractivity contribution in [2.24, 2.45) is 5.73 Å². The van der Waals surface area contributed by atoms with Gasteiger partial charge in [-0.2, -0.15) is 0 Å². The maximum Gasteiger partial charge on any atom is 0.320 e. The molecular formula is C10H16N4O. The van der Waals surface area contributed by atoms with Crippen LogP contribution in [-0.4, -0.2) is 47.5 Å². The summed E-state index contributed by atoms with van der Waals surface area (Å²) in [6.07, 6.45) is 1.87. The van der Waals surface area contributed by atoms with E-state index in [1.807, 2.05) is 25.4 Å². The number of nitrogens with zero attached hydrogens (tertiary/aromatic N) is 2. The Labute approximate surface area is 88.8 Å². The Hall–Kier alpha value is -1.49. The molecule has 0 radical (unpaired) electrons. The number of nitrogens with one attached hydrogen (secondary N) is 1. The van der Waals surface area contributed by atoms with Crippen LogP contribution < -0.4 is 5.73 Å². The second-order valence-corrected chi connectivity index (χ2v) is 3.77. The number of hydrogen-bond donors (Lipinski definition) is 2. The molecule has 1 saturated heterocycles. The summed E-state index contributed by atoms with van der Waals surface area (Å²) >= 11 is 0. The molecule has 1 aromatic rings. The van der Waals surface area contributed by atoms with Crippen molar-refractivity contribution in [2.45, 2.75) is 6.04 Å². The van der Waals surface area contributed by atoms with E-state index in [2.05, 4.69) is 4.98 Å². The molecule has 0 aliphatic carbocycles. The minimum Gasteiger partial charge on any atom is -0.363 e. The van der Waals surface area contributed by atoms with Crippen molar-refractivity contribution < 1.29 is 4.79 Å². The molecule has 5 heteroatoms. The standard InChI is InChI=1S/C10H16N4O/c1-13-9(8-3-2-5-12-8)7-14(6-4-11)10(13)15/h2-3,5,9,12H,4,6-7,11H2,1H3. The Morgan fingerprint density at radius 2 is 2.47 bits per heavy atom. The van der Waals surface area contributed by atoms with Crippen molar-refractivity contribution in [2.75, 3.05) is 26.7 Å². The van der Waals surface area contributed by atoms with Gasteiger partial charge in [-0.3, -0.25) is 0 Å². The van der Waals surface area contributed by atoms with Crippen LogP contribution in [0.25, 0.3) is 0 Å². The molecule has 1 fully saturated rings. The number of rotatable bonds is 3. The van der Waals surface area contributed by atoms with E-state index in [-0.39, 0.29) is 12.1 Å². The predicted molar refractivity (Wildman–Crippen MR) is 57.3 cm³/mol. The Morgan fingerprint density at radius 3 is 3.07 bits per heavy atom. The molecule has 82 valence electrons. The highest BCUT2D eigenvalue weighted by atomic mass is 16.2. The quantitative estimate of drug-likeness (QED) is 0.754. The van der Waals surface area contributed by atoms with Gasteiger partial charge in [-0.05, 0) is 12.1 Å². The molecule has 1 aromatic heterocycles. The molecule has 5 nitrogen and oxygen atoms in total. The normalized spacial score (nSPS) is 21.5. The minimum atomic E-state index is 0.0556. The van der Waals surface area contributed by atoms with E-state index >= 15 is 0 Å². The number of aromatic amines is 1. The van der Waals surface area contributed by atoms with Gasteiger partial charge >= 0.3 is 6.03 Å². The molecule has 1 aliphatic rings. The number of H-pyrrole nitrogens is 1. The average molecular weight is 208 g/mol. The van der Waals surface area contributed by atoms with Gasteiger partial charge in [0.2, 0.25) is 0 Å². The van der Waals surface area contributed by atoms with E-state index < -0.39 is 0 Å². The van der Waals surface area contributed by atoms with Crippen LogP contribution in [0.3, 0.4) is 0 Å². The number of aromatic nitrogens is 1. The van der Waals surface area contributed by atoms with Crippen molar-refractivity contribution in [1.82, 2.24) is 14.8 Å². The van der Waals surface area contributed by atoms with Crippen LogP contribution >= 0.6 is 0 Å². The lowest BCUT2D eigenvalue weighted by molar-refractivity contribution is 0.196. The second kappa shape index (κ2) is 3.94. The Morgan fingerprint density at radius 1 is 1.67 bits per heavy atom. The third-order valence-corrected chi connectivity index (χ3v) is 2.81. The topological polar surface area (TPSA) is 65.4 Å². The number of nitrogens with two attached hydrogens (primary N) is 1. The first-order valence-corrected chi connectivity index (χ1v) is 5.09. The second-order valence-electron chi connectivity index (χ2n) is 3.77. The Kier molecular flexibility index (Phi) is 2.64. The van der Waals surface area contributed by atoms with Gasteiger partial charge in [0.05, 0.1) is 6.04 Å². The lowest BCUT2D eigenvalue weighted by atomic mass is 10.2. The van der Waals surface area contributed by atoms with Crippen LogP contribution in [0.2, 0.25) is 0 Å². The van der Waals surface area contributed by atoms with E-state index in [1.165, 1.54) is 0 Å². The SMILES string of the molecule is CN1C(=O)N(CCN)CC1c1ccc[nH]1. The molecule has 0 bridgehead atoms. The van der Waals surface area contributed by atoms with Crippen LogP contribution in [-0.2, 0) is 0 Å².